The van der Waals surface area contributed by atoms with Gasteiger partial charge < -0.3 is 9.84 Å². The van der Waals surface area contributed by atoms with Gasteiger partial charge in [0.1, 0.15) is 5.75 Å². The number of hydrogen-bond donors (Lipinski definition) is 1. The molecule has 0 atom stereocenters. The highest BCUT2D eigenvalue weighted by Gasteiger charge is 2.15. The molecule has 0 aliphatic carbocycles. The highest BCUT2D eigenvalue weighted by atomic mass is 16.5. The Hall–Kier alpha value is -2.88. The molecule has 0 bridgehead atoms. The van der Waals surface area contributed by atoms with Crippen molar-refractivity contribution >= 4 is 16.9 Å². The third-order valence-corrected chi connectivity index (χ3v) is 3.82. The van der Waals surface area contributed by atoms with Crippen LogP contribution in [0.3, 0.4) is 0 Å². The number of carboxylic acids is 1. The molecule has 1 heterocycles. The highest BCUT2D eigenvalue weighted by Crippen LogP contribution is 2.32. The number of hydrogen-bond acceptors (Lipinski definition) is 3. The maximum absolute atomic E-state index is 11.7. The van der Waals surface area contributed by atoms with Crippen molar-refractivity contribution in [2.24, 2.45) is 0 Å². The Morgan fingerprint density at radius 2 is 1.96 bits per heavy atom. The Labute approximate surface area is 140 Å². The first-order valence-corrected chi connectivity index (χ1v) is 7.97. The molecule has 2 aromatic carbocycles. The molecule has 3 aromatic rings. The lowest BCUT2D eigenvalue weighted by molar-refractivity contribution is 0.0699. The molecule has 1 N–H and O–H groups in total. The Bertz CT molecular complexity index is 903. The molecular weight excluding hydrogens is 302 g/mol. The number of para-hydroxylation sites is 1. The Morgan fingerprint density at radius 3 is 2.71 bits per heavy atom. The van der Waals surface area contributed by atoms with Crippen LogP contribution < -0.4 is 4.74 Å². The van der Waals surface area contributed by atoms with Crippen LogP contribution in [0.25, 0.3) is 22.2 Å². The highest BCUT2D eigenvalue weighted by molar-refractivity contribution is 6.04. The third-order valence-electron chi connectivity index (χ3n) is 3.82. The number of pyridine rings is 1. The molecule has 0 spiro atoms. The van der Waals surface area contributed by atoms with Crippen molar-refractivity contribution in [3.05, 3.63) is 59.7 Å². The summed E-state index contributed by atoms with van der Waals surface area (Å²) in [7, 11) is 0. The van der Waals surface area contributed by atoms with Crippen LogP contribution >= 0.6 is 0 Å². The van der Waals surface area contributed by atoms with Gasteiger partial charge in [-0.2, -0.15) is 0 Å². The number of carbonyl (C=O) groups is 1. The fraction of sp³-hybridized carbons (Fsp3) is 0.200. The smallest absolute Gasteiger partial charge is 0.336 e. The Kier molecular flexibility index (Phi) is 4.47. The van der Waals surface area contributed by atoms with E-state index in [0.717, 1.165) is 23.3 Å². The molecule has 3 rings (SSSR count). The number of aromatic nitrogens is 1. The normalized spacial score (nSPS) is 10.8. The lowest BCUT2D eigenvalue weighted by Gasteiger charge is -2.12. The van der Waals surface area contributed by atoms with Gasteiger partial charge in [0.05, 0.1) is 23.4 Å². The molecule has 0 radical (unpaired) electrons. The fourth-order valence-electron chi connectivity index (χ4n) is 2.67. The summed E-state index contributed by atoms with van der Waals surface area (Å²) in [4.78, 5) is 16.4. The molecule has 1 aromatic heterocycles. The lowest BCUT2D eigenvalue weighted by atomic mass is 10.0. The number of carboxylic acid groups (broad SMARTS) is 1. The average molecular weight is 321 g/mol. The summed E-state index contributed by atoms with van der Waals surface area (Å²) in [5.41, 5.74) is 3.34. The third kappa shape index (κ3) is 3.08. The fourth-order valence-corrected chi connectivity index (χ4v) is 2.67. The number of ether oxygens (including phenoxy) is 1. The Balaban J connectivity index is 2.21. The van der Waals surface area contributed by atoms with Crippen molar-refractivity contribution < 1.29 is 14.6 Å². The van der Waals surface area contributed by atoms with E-state index in [1.165, 1.54) is 0 Å². The molecular formula is C20H19NO3. The second kappa shape index (κ2) is 6.71. The van der Waals surface area contributed by atoms with Crippen LogP contribution in [-0.4, -0.2) is 22.7 Å². The summed E-state index contributed by atoms with van der Waals surface area (Å²) >= 11 is 0. The van der Waals surface area contributed by atoms with E-state index in [9.17, 15) is 9.90 Å². The van der Waals surface area contributed by atoms with Crippen LogP contribution in [0.15, 0.2) is 48.5 Å². The SMILES string of the molecule is CCCOc1ccccc1-c1cc(C(=O)O)c2cc(C)ccc2n1. The summed E-state index contributed by atoms with van der Waals surface area (Å²) < 4.78 is 5.78. The molecule has 122 valence electrons. The predicted molar refractivity (Wildman–Crippen MR) is 94.7 cm³/mol. The van der Waals surface area contributed by atoms with Gasteiger partial charge in [0.15, 0.2) is 0 Å². The second-order valence-corrected chi connectivity index (χ2v) is 5.73. The number of aryl methyl sites for hydroxylation is 1. The molecule has 0 saturated carbocycles. The van der Waals surface area contributed by atoms with Crippen molar-refractivity contribution in [3.8, 4) is 17.0 Å². The summed E-state index contributed by atoms with van der Waals surface area (Å²) in [5, 5.41) is 10.2. The molecule has 0 saturated heterocycles. The summed E-state index contributed by atoms with van der Waals surface area (Å²) in [6.45, 7) is 4.59. The van der Waals surface area contributed by atoms with Crippen molar-refractivity contribution in [2.45, 2.75) is 20.3 Å². The summed E-state index contributed by atoms with van der Waals surface area (Å²) in [6, 6.07) is 14.9. The van der Waals surface area contributed by atoms with Gasteiger partial charge in [0.25, 0.3) is 0 Å². The maximum Gasteiger partial charge on any atom is 0.336 e. The van der Waals surface area contributed by atoms with E-state index in [1.807, 2.05) is 56.3 Å². The van der Waals surface area contributed by atoms with Crippen LogP contribution in [0.5, 0.6) is 5.75 Å². The van der Waals surface area contributed by atoms with Crippen molar-refractivity contribution in [2.75, 3.05) is 6.61 Å². The maximum atomic E-state index is 11.7. The van der Waals surface area contributed by atoms with Gasteiger partial charge in [-0.25, -0.2) is 9.78 Å². The van der Waals surface area contributed by atoms with Gasteiger partial charge in [0.2, 0.25) is 0 Å². The average Bonchev–Trinajstić information content (AvgIpc) is 2.59. The first-order chi connectivity index (χ1) is 11.6. The van der Waals surface area contributed by atoms with Gasteiger partial charge in [-0.15, -0.1) is 0 Å². The number of aromatic carboxylic acids is 1. The van der Waals surface area contributed by atoms with Crippen molar-refractivity contribution in [1.82, 2.24) is 4.98 Å². The zero-order chi connectivity index (χ0) is 17.1. The monoisotopic (exact) mass is 321 g/mol. The molecule has 0 aliphatic heterocycles. The van der Waals surface area contributed by atoms with Gasteiger partial charge >= 0.3 is 5.97 Å². The predicted octanol–water partition coefficient (Wildman–Crippen LogP) is 4.70. The minimum absolute atomic E-state index is 0.254. The number of benzene rings is 2. The molecule has 24 heavy (non-hydrogen) atoms. The van der Waals surface area contributed by atoms with Crippen LogP contribution in [0.4, 0.5) is 0 Å². The first-order valence-electron chi connectivity index (χ1n) is 7.97. The van der Waals surface area contributed by atoms with Gasteiger partial charge in [-0.05, 0) is 43.7 Å². The first kappa shape index (κ1) is 16.0. The topological polar surface area (TPSA) is 59.4 Å². The molecule has 4 nitrogen and oxygen atoms in total. The van der Waals surface area contributed by atoms with Crippen molar-refractivity contribution in [1.29, 1.82) is 0 Å². The number of fused-ring (bicyclic) bond motifs is 1. The van der Waals surface area contributed by atoms with Crippen LogP contribution in [-0.2, 0) is 0 Å². The van der Waals surface area contributed by atoms with E-state index in [1.54, 1.807) is 6.07 Å². The quantitative estimate of drug-likeness (QED) is 0.740. The summed E-state index contributed by atoms with van der Waals surface area (Å²) in [5.74, 6) is -0.240. The van der Waals surface area contributed by atoms with Crippen molar-refractivity contribution in [3.63, 3.8) is 0 Å². The number of nitrogens with zero attached hydrogens (tertiary/aromatic N) is 1. The molecule has 4 heteroatoms. The zero-order valence-corrected chi connectivity index (χ0v) is 13.7. The van der Waals surface area contributed by atoms with Gasteiger partial charge in [-0.1, -0.05) is 30.7 Å². The van der Waals surface area contributed by atoms with Gasteiger partial charge in [-0.3, -0.25) is 0 Å². The molecule has 0 aliphatic rings. The number of rotatable bonds is 5. The van der Waals surface area contributed by atoms with E-state index in [0.29, 0.717) is 23.2 Å². The summed E-state index contributed by atoms with van der Waals surface area (Å²) in [6.07, 6.45) is 0.902. The molecule has 0 fully saturated rings. The zero-order valence-electron chi connectivity index (χ0n) is 13.7. The minimum Gasteiger partial charge on any atom is -0.493 e. The van der Waals surface area contributed by atoms with Gasteiger partial charge in [0, 0.05) is 10.9 Å². The van der Waals surface area contributed by atoms with E-state index in [2.05, 4.69) is 4.98 Å². The lowest BCUT2D eigenvalue weighted by Crippen LogP contribution is -2.02. The van der Waals surface area contributed by atoms with E-state index in [4.69, 9.17) is 4.74 Å². The van der Waals surface area contributed by atoms with E-state index >= 15 is 0 Å². The minimum atomic E-state index is -0.957. The Morgan fingerprint density at radius 1 is 1.17 bits per heavy atom. The van der Waals surface area contributed by atoms with E-state index in [-0.39, 0.29) is 5.56 Å². The molecule has 0 amide bonds. The van der Waals surface area contributed by atoms with Crippen LogP contribution in [0.1, 0.15) is 29.3 Å². The van der Waals surface area contributed by atoms with Crippen LogP contribution in [0, 0.1) is 6.92 Å². The van der Waals surface area contributed by atoms with E-state index < -0.39 is 5.97 Å². The van der Waals surface area contributed by atoms with Crippen LogP contribution in [0.2, 0.25) is 0 Å². The second-order valence-electron chi connectivity index (χ2n) is 5.73. The largest absolute Gasteiger partial charge is 0.493 e. The molecule has 0 unspecified atom stereocenters. The standard InChI is InChI=1S/C20H19NO3/c1-3-10-24-19-7-5-4-6-14(19)18-12-16(20(22)23)15-11-13(2)8-9-17(15)21-18/h4-9,11-12H,3,10H2,1-2H3,(H,22,23).